The normalized spacial score (nSPS) is 10.8. The molecule has 0 radical (unpaired) electrons. The minimum Gasteiger partial charge on any atom is -0.346 e. The third-order valence-corrected chi connectivity index (χ3v) is 3.84. The number of amides is 1. The number of carbonyl (C=O) groups excluding carboxylic acids is 1. The molecule has 6 nitrogen and oxygen atoms in total. The van der Waals surface area contributed by atoms with Crippen molar-refractivity contribution in [1.82, 2.24) is 20.1 Å². The van der Waals surface area contributed by atoms with Crippen LogP contribution in [0.1, 0.15) is 23.0 Å². The molecule has 0 aliphatic carbocycles. The van der Waals surface area contributed by atoms with E-state index in [2.05, 4.69) is 15.4 Å². The maximum Gasteiger partial charge on any atom is 0.276 e. The van der Waals surface area contributed by atoms with Gasteiger partial charge < -0.3 is 5.32 Å². The zero-order chi connectivity index (χ0) is 17.1. The summed E-state index contributed by atoms with van der Waals surface area (Å²) in [5.74, 6) is -0.520. The molecule has 0 unspecified atom stereocenters. The van der Waals surface area contributed by atoms with Crippen LogP contribution in [-0.4, -0.2) is 20.7 Å². The van der Waals surface area contributed by atoms with Crippen LogP contribution < -0.4 is 10.7 Å². The molecule has 24 heavy (non-hydrogen) atoms. The summed E-state index contributed by atoms with van der Waals surface area (Å²) in [4.78, 5) is 29.0. The lowest BCUT2D eigenvalue weighted by molar-refractivity contribution is 0.0942. The van der Waals surface area contributed by atoms with Gasteiger partial charge in [-0.1, -0.05) is 17.7 Å². The van der Waals surface area contributed by atoms with Gasteiger partial charge in [0.2, 0.25) is 5.43 Å². The van der Waals surface area contributed by atoms with E-state index in [0.29, 0.717) is 22.5 Å². The highest BCUT2D eigenvalue weighted by atomic mass is 35.5. The smallest absolute Gasteiger partial charge is 0.276 e. The summed E-state index contributed by atoms with van der Waals surface area (Å²) in [6, 6.07) is 8.60. The number of nitrogens with one attached hydrogen (secondary N) is 1. The molecule has 0 atom stereocenters. The Labute approximate surface area is 143 Å². The summed E-state index contributed by atoms with van der Waals surface area (Å²) in [6.45, 7) is 2.69. The number of carbonyl (C=O) groups is 1. The molecular weight excluding hydrogens is 328 g/mol. The van der Waals surface area contributed by atoms with Crippen molar-refractivity contribution in [3.63, 3.8) is 0 Å². The van der Waals surface area contributed by atoms with Crippen molar-refractivity contribution in [3.05, 3.63) is 69.2 Å². The van der Waals surface area contributed by atoms with Crippen LogP contribution in [0.3, 0.4) is 0 Å². The Hall–Kier alpha value is -2.73. The highest BCUT2D eigenvalue weighted by Gasteiger charge is 2.17. The molecule has 0 aliphatic heterocycles. The molecular formula is C17H15ClN4O2. The Morgan fingerprint density at radius 1 is 1.33 bits per heavy atom. The van der Waals surface area contributed by atoms with Crippen LogP contribution in [0.5, 0.6) is 0 Å². The SMILES string of the molecule is CCn1nc(C(=O)NCc2cccnc2)c(=O)c2cc(Cl)ccc21. The molecule has 1 amide bonds. The van der Waals surface area contributed by atoms with Crippen molar-refractivity contribution in [1.29, 1.82) is 0 Å². The maximum absolute atomic E-state index is 12.6. The second-order valence-electron chi connectivity index (χ2n) is 5.20. The third kappa shape index (κ3) is 3.14. The van der Waals surface area contributed by atoms with E-state index in [4.69, 9.17) is 11.6 Å². The molecule has 0 aliphatic rings. The van der Waals surface area contributed by atoms with E-state index in [-0.39, 0.29) is 12.2 Å². The molecule has 3 rings (SSSR count). The molecule has 2 heterocycles. The first-order chi connectivity index (χ1) is 11.6. The lowest BCUT2D eigenvalue weighted by Gasteiger charge is -2.10. The zero-order valence-corrected chi connectivity index (χ0v) is 13.7. The topological polar surface area (TPSA) is 76.9 Å². The first kappa shape index (κ1) is 16.1. The fourth-order valence-corrected chi connectivity index (χ4v) is 2.59. The van der Waals surface area contributed by atoms with Gasteiger partial charge in [0.05, 0.1) is 10.9 Å². The second kappa shape index (κ2) is 6.80. The van der Waals surface area contributed by atoms with Gasteiger partial charge in [0, 0.05) is 30.5 Å². The predicted octanol–water partition coefficient (Wildman–Crippen LogP) is 2.39. The molecule has 0 spiro atoms. The molecule has 0 saturated carbocycles. The summed E-state index contributed by atoms with van der Waals surface area (Å²) in [5, 5.41) is 7.71. The highest BCUT2D eigenvalue weighted by molar-refractivity contribution is 6.31. The lowest BCUT2D eigenvalue weighted by atomic mass is 10.2. The number of aryl methyl sites for hydroxylation is 1. The highest BCUT2D eigenvalue weighted by Crippen LogP contribution is 2.16. The van der Waals surface area contributed by atoms with Crippen molar-refractivity contribution in [3.8, 4) is 0 Å². The fraction of sp³-hybridized carbons (Fsp3) is 0.176. The Balaban J connectivity index is 1.98. The van der Waals surface area contributed by atoms with Gasteiger partial charge in [0.25, 0.3) is 5.91 Å². The van der Waals surface area contributed by atoms with Gasteiger partial charge in [0.1, 0.15) is 0 Å². The van der Waals surface area contributed by atoms with Crippen LogP contribution in [0.2, 0.25) is 5.02 Å². The van der Waals surface area contributed by atoms with Gasteiger partial charge in [-0.05, 0) is 36.8 Å². The average Bonchev–Trinajstić information content (AvgIpc) is 2.61. The van der Waals surface area contributed by atoms with Crippen LogP contribution in [0.25, 0.3) is 10.9 Å². The van der Waals surface area contributed by atoms with Gasteiger partial charge in [-0.2, -0.15) is 5.10 Å². The Morgan fingerprint density at radius 3 is 2.88 bits per heavy atom. The van der Waals surface area contributed by atoms with Crippen LogP contribution >= 0.6 is 11.6 Å². The number of hydrogen-bond donors (Lipinski definition) is 1. The lowest BCUT2D eigenvalue weighted by Crippen LogP contribution is -2.31. The number of aromatic nitrogens is 3. The minimum absolute atomic E-state index is 0.143. The zero-order valence-electron chi connectivity index (χ0n) is 13.0. The number of hydrogen-bond acceptors (Lipinski definition) is 4. The van der Waals surface area contributed by atoms with Gasteiger partial charge in [-0.3, -0.25) is 19.3 Å². The molecule has 1 N–H and O–H groups in total. The molecule has 0 fully saturated rings. The summed E-state index contributed by atoms with van der Waals surface area (Å²) >= 11 is 5.98. The molecule has 1 aromatic carbocycles. The first-order valence-electron chi connectivity index (χ1n) is 7.47. The van der Waals surface area contributed by atoms with Crippen LogP contribution in [0.4, 0.5) is 0 Å². The Kier molecular flexibility index (Phi) is 4.57. The fourth-order valence-electron chi connectivity index (χ4n) is 2.42. The number of nitrogens with zero attached hydrogens (tertiary/aromatic N) is 3. The van der Waals surface area contributed by atoms with Gasteiger partial charge in [-0.25, -0.2) is 0 Å². The molecule has 3 aromatic rings. The second-order valence-corrected chi connectivity index (χ2v) is 5.64. The van der Waals surface area contributed by atoms with E-state index in [1.54, 1.807) is 41.3 Å². The van der Waals surface area contributed by atoms with Crippen molar-refractivity contribution in [2.24, 2.45) is 0 Å². The monoisotopic (exact) mass is 342 g/mol. The Bertz CT molecular complexity index is 954. The predicted molar refractivity (Wildman–Crippen MR) is 92.1 cm³/mol. The maximum atomic E-state index is 12.6. The molecule has 0 bridgehead atoms. The van der Waals surface area contributed by atoms with Gasteiger partial charge >= 0.3 is 0 Å². The number of rotatable bonds is 4. The first-order valence-corrected chi connectivity index (χ1v) is 7.85. The van der Waals surface area contributed by atoms with E-state index < -0.39 is 11.3 Å². The van der Waals surface area contributed by atoms with Crippen LogP contribution in [0.15, 0.2) is 47.5 Å². The van der Waals surface area contributed by atoms with E-state index in [0.717, 1.165) is 5.56 Å². The van der Waals surface area contributed by atoms with Gasteiger partial charge in [-0.15, -0.1) is 0 Å². The largest absolute Gasteiger partial charge is 0.346 e. The van der Waals surface area contributed by atoms with Gasteiger partial charge in [0.15, 0.2) is 5.69 Å². The standard InChI is InChI=1S/C17H15ClN4O2/c1-2-22-14-6-5-12(18)8-13(14)16(23)15(21-22)17(24)20-10-11-4-3-7-19-9-11/h3-9H,2,10H2,1H3,(H,20,24). The molecule has 2 aromatic heterocycles. The van der Waals surface area contributed by atoms with E-state index in [1.807, 2.05) is 13.0 Å². The molecule has 0 saturated heterocycles. The number of benzene rings is 1. The summed E-state index contributed by atoms with van der Waals surface area (Å²) in [6.07, 6.45) is 3.30. The summed E-state index contributed by atoms with van der Waals surface area (Å²) in [5.41, 5.74) is 0.914. The van der Waals surface area contributed by atoms with Crippen molar-refractivity contribution in [2.45, 2.75) is 20.0 Å². The Morgan fingerprint density at radius 2 is 2.17 bits per heavy atom. The summed E-state index contributed by atoms with van der Waals surface area (Å²) in [7, 11) is 0. The number of fused-ring (bicyclic) bond motifs is 1. The van der Waals surface area contributed by atoms with Crippen molar-refractivity contribution < 1.29 is 4.79 Å². The summed E-state index contributed by atoms with van der Waals surface area (Å²) < 4.78 is 1.62. The molecule has 122 valence electrons. The third-order valence-electron chi connectivity index (χ3n) is 3.61. The number of pyridine rings is 1. The average molecular weight is 343 g/mol. The minimum atomic E-state index is -0.520. The van der Waals surface area contributed by atoms with E-state index in [1.165, 1.54) is 0 Å². The number of halogens is 1. The van der Waals surface area contributed by atoms with Crippen molar-refractivity contribution in [2.75, 3.05) is 0 Å². The van der Waals surface area contributed by atoms with Crippen molar-refractivity contribution >= 4 is 28.4 Å². The van der Waals surface area contributed by atoms with Crippen LogP contribution in [0, 0.1) is 0 Å². The van der Waals surface area contributed by atoms with E-state index >= 15 is 0 Å². The van der Waals surface area contributed by atoms with Crippen LogP contribution in [-0.2, 0) is 13.1 Å². The molecule has 7 heteroatoms. The quantitative estimate of drug-likeness (QED) is 0.789. The van der Waals surface area contributed by atoms with E-state index in [9.17, 15) is 9.59 Å².